The largest absolute Gasteiger partial charge is 0.507 e. The fourth-order valence-corrected chi connectivity index (χ4v) is 1.18. The average Bonchev–Trinajstić information content (AvgIpc) is 2.27. The number of phenolic OH excluding ortho intramolecular Hbond substituents is 1. The Kier molecular flexibility index (Phi) is 4.29. The number of hydrogen-bond donors (Lipinski definition) is 1. The van der Waals surface area contributed by atoms with E-state index in [9.17, 15) is 9.90 Å². The molecule has 0 fully saturated rings. The molecule has 88 valence electrons. The van der Waals surface area contributed by atoms with Crippen molar-refractivity contribution in [1.29, 1.82) is 5.26 Å². The zero-order chi connectivity index (χ0) is 12.8. The molecule has 1 rings (SSSR count). The summed E-state index contributed by atoms with van der Waals surface area (Å²) in [6.45, 7) is 3.40. The topological polar surface area (TPSA) is 70.3 Å². The van der Waals surface area contributed by atoms with Crippen LogP contribution < -0.4 is 0 Å². The standard InChI is InChI=1S/C13H13NO3/c1-9(2)17-13(16)11(8-14)7-10-5-3-4-6-12(10)15/h3-7,9,15H,1-2H3/b11-7+. The maximum Gasteiger partial charge on any atom is 0.349 e. The van der Waals surface area contributed by atoms with Crippen molar-refractivity contribution in [3.05, 3.63) is 35.4 Å². The second-order valence-electron chi connectivity index (χ2n) is 3.68. The molecule has 0 aromatic heterocycles. The highest BCUT2D eigenvalue weighted by molar-refractivity contribution is 5.98. The van der Waals surface area contributed by atoms with Crippen molar-refractivity contribution >= 4 is 12.0 Å². The number of carbonyl (C=O) groups is 1. The van der Waals surface area contributed by atoms with Gasteiger partial charge in [0.2, 0.25) is 0 Å². The van der Waals surface area contributed by atoms with Crippen LogP contribution in [-0.2, 0) is 9.53 Å². The number of aromatic hydroxyl groups is 1. The van der Waals surface area contributed by atoms with Gasteiger partial charge in [0.25, 0.3) is 0 Å². The maximum atomic E-state index is 11.5. The molecule has 17 heavy (non-hydrogen) atoms. The first kappa shape index (κ1) is 12.8. The number of benzene rings is 1. The Morgan fingerprint density at radius 2 is 2.12 bits per heavy atom. The molecule has 1 N–H and O–H groups in total. The summed E-state index contributed by atoms with van der Waals surface area (Å²) in [6, 6.07) is 8.21. The number of ether oxygens (including phenoxy) is 1. The van der Waals surface area contributed by atoms with Crippen molar-refractivity contribution in [2.24, 2.45) is 0 Å². The Morgan fingerprint density at radius 3 is 2.65 bits per heavy atom. The van der Waals surface area contributed by atoms with Crippen molar-refractivity contribution in [2.75, 3.05) is 0 Å². The average molecular weight is 231 g/mol. The predicted molar refractivity (Wildman–Crippen MR) is 62.9 cm³/mol. The first-order chi connectivity index (χ1) is 8.04. The van der Waals surface area contributed by atoms with Gasteiger partial charge in [-0.15, -0.1) is 0 Å². The van der Waals surface area contributed by atoms with Gasteiger partial charge in [-0.3, -0.25) is 0 Å². The van der Waals surface area contributed by atoms with E-state index >= 15 is 0 Å². The molecular weight excluding hydrogens is 218 g/mol. The fraction of sp³-hybridized carbons (Fsp3) is 0.231. The summed E-state index contributed by atoms with van der Waals surface area (Å²) >= 11 is 0. The van der Waals surface area contributed by atoms with Crippen LogP contribution in [0.25, 0.3) is 6.08 Å². The Bertz CT molecular complexity index is 484. The third-order valence-electron chi connectivity index (χ3n) is 1.92. The Hall–Kier alpha value is -2.28. The molecule has 0 saturated carbocycles. The number of rotatable bonds is 3. The summed E-state index contributed by atoms with van der Waals surface area (Å²) in [6.07, 6.45) is 1.02. The number of phenols is 1. The van der Waals surface area contributed by atoms with Crippen LogP contribution in [0.2, 0.25) is 0 Å². The van der Waals surface area contributed by atoms with Crippen LogP contribution in [0.3, 0.4) is 0 Å². The van der Waals surface area contributed by atoms with Crippen LogP contribution in [0, 0.1) is 11.3 Å². The molecule has 4 heteroatoms. The molecule has 0 unspecified atom stereocenters. The van der Waals surface area contributed by atoms with Gasteiger partial charge in [-0.2, -0.15) is 5.26 Å². The van der Waals surface area contributed by atoms with E-state index < -0.39 is 5.97 Å². The van der Waals surface area contributed by atoms with E-state index in [-0.39, 0.29) is 17.4 Å². The summed E-state index contributed by atoms with van der Waals surface area (Å²) in [5.41, 5.74) is 0.268. The van der Waals surface area contributed by atoms with Crippen LogP contribution in [0.1, 0.15) is 19.4 Å². The molecule has 0 saturated heterocycles. The van der Waals surface area contributed by atoms with Gasteiger partial charge in [-0.05, 0) is 26.0 Å². The summed E-state index contributed by atoms with van der Waals surface area (Å²) in [4.78, 5) is 11.5. The van der Waals surface area contributed by atoms with Crippen LogP contribution in [0.15, 0.2) is 29.8 Å². The summed E-state index contributed by atoms with van der Waals surface area (Å²) in [7, 11) is 0. The zero-order valence-corrected chi connectivity index (χ0v) is 9.68. The van der Waals surface area contributed by atoms with Gasteiger partial charge < -0.3 is 9.84 Å². The smallest absolute Gasteiger partial charge is 0.349 e. The lowest BCUT2D eigenvalue weighted by Gasteiger charge is -2.06. The Balaban J connectivity index is 3.00. The van der Waals surface area contributed by atoms with Gasteiger partial charge >= 0.3 is 5.97 Å². The zero-order valence-electron chi connectivity index (χ0n) is 9.68. The predicted octanol–water partition coefficient (Wildman–Crippen LogP) is 2.25. The molecule has 0 spiro atoms. The van der Waals surface area contributed by atoms with Crippen LogP contribution in [-0.4, -0.2) is 17.2 Å². The minimum Gasteiger partial charge on any atom is -0.507 e. The lowest BCUT2D eigenvalue weighted by molar-refractivity contribution is -0.142. The fourth-order valence-electron chi connectivity index (χ4n) is 1.18. The monoisotopic (exact) mass is 231 g/mol. The van der Waals surface area contributed by atoms with Crippen molar-refractivity contribution in [1.82, 2.24) is 0 Å². The summed E-state index contributed by atoms with van der Waals surface area (Å²) in [5, 5.41) is 18.4. The van der Waals surface area contributed by atoms with Gasteiger partial charge in [0.15, 0.2) is 0 Å². The molecule has 0 atom stereocenters. The van der Waals surface area contributed by atoms with Crippen LogP contribution in [0.5, 0.6) is 5.75 Å². The first-order valence-corrected chi connectivity index (χ1v) is 5.15. The molecular formula is C13H13NO3. The van der Waals surface area contributed by atoms with Crippen molar-refractivity contribution in [2.45, 2.75) is 20.0 Å². The van der Waals surface area contributed by atoms with Crippen LogP contribution in [0.4, 0.5) is 0 Å². The molecule has 0 aliphatic rings. The lowest BCUT2D eigenvalue weighted by atomic mass is 10.1. The van der Waals surface area contributed by atoms with E-state index in [4.69, 9.17) is 10.00 Å². The van der Waals surface area contributed by atoms with E-state index in [1.54, 1.807) is 38.1 Å². The van der Waals surface area contributed by atoms with E-state index in [1.807, 2.05) is 0 Å². The Labute approximate surface area is 99.8 Å². The Morgan fingerprint density at radius 1 is 1.47 bits per heavy atom. The van der Waals surface area contributed by atoms with Gasteiger partial charge in [0.05, 0.1) is 6.10 Å². The molecule has 0 heterocycles. The number of para-hydroxylation sites is 1. The molecule has 0 bridgehead atoms. The van der Waals surface area contributed by atoms with Crippen molar-refractivity contribution < 1.29 is 14.6 Å². The maximum absolute atomic E-state index is 11.5. The number of carbonyl (C=O) groups excluding carboxylic acids is 1. The van der Waals surface area contributed by atoms with E-state index in [0.717, 1.165) is 0 Å². The van der Waals surface area contributed by atoms with E-state index in [1.165, 1.54) is 12.1 Å². The van der Waals surface area contributed by atoms with Gasteiger partial charge in [-0.25, -0.2) is 4.79 Å². The number of esters is 1. The van der Waals surface area contributed by atoms with Gasteiger partial charge in [0, 0.05) is 5.56 Å². The molecule has 1 aromatic rings. The second-order valence-corrected chi connectivity index (χ2v) is 3.68. The normalized spacial score (nSPS) is 11.1. The SMILES string of the molecule is CC(C)OC(=O)/C(C#N)=C/c1ccccc1O. The first-order valence-electron chi connectivity index (χ1n) is 5.15. The van der Waals surface area contributed by atoms with Gasteiger partial charge in [-0.1, -0.05) is 18.2 Å². The quantitative estimate of drug-likeness (QED) is 0.492. The summed E-state index contributed by atoms with van der Waals surface area (Å²) in [5.74, 6) is -0.677. The minimum atomic E-state index is -0.689. The lowest BCUT2D eigenvalue weighted by Crippen LogP contribution is -2.12. The number of hydrogen-bond acceptors (Lipinski definition) is 4. The van der Waals surface area contributed by atoms with Crippen molar-refractivity contribution in [3.63, 3.8) is 0 Å². The van der Waals surface area contributed by atoms with Gasteiger partial charge in [0.1, 0.15) is 17.4 Å². The molecule has 1 aromatic carbocycles. The van der Waals surface area contributed by atoms with Crippen molar-refractivity contribution in [3.8, 4) is 11.8 Å². The number of nitrogens with zero attached hydrogens (tertiary/aromatic N) is 1. The highest BCUT2D eigenvalue weighted by Gasteiger charge is 2.12. The molecule has 4 nitrogen and oxygen atoms in total. The molecule has 0 aliphatic heterocycles. The molecule has 0 amide bonds. The highest BCUT2D eigenvalue weighted by Crippen LogP contribution is 2.19. The highest BCUT2D eigenvalue weighted by atomic mass is 16.5. The van der Waals surface area contributed by atoms with Crippen LogP contribution >= 0.6 is 0 Å². The minimum absolute atomic E-state index is 0.0117. The van der Waals surface area contributed by atoms with E-state index in [2.05, 4.69) is 0 Å². The van der Waals surface area contributed by atoms with E-state index in [0.29, 0.717) is 5.56 Å². The second kappa shape index (κ2) is 5.71. The third kappa shape index (κ3) is 3.65. The molecule has 0 aliphatic carbocycles. The summed E-state index contributed by atoms with van der Waals surface area (Å²) < 4.78 is 4.90. The molecule has 0 radical (unpaired) electrons. The number of nitriles is 1. The third-order valence-corrected chi connectivity index (χ3v) is 1.92.